The Morgan fingerprint density at radius 2 is 2.14 bits per heavy atom. The fraction of sp³-hybridized carbons (Fsp3) is 0.125. The van der Waals surface area contributed by atoms with Crippen molar-refractivity contribution in [2.75, 3.05) is 5.32 Å². The van der Waals surface area contributed by atoms with Crippen molar-refractivity contribution in [2.24, 2.45) is 0 Å². The Hall–Kier alpha value is -2.60. The Labute approximate surface area is 131 Å². The molecule has 0 saturated carbocycles. The summed E-state index contributed by atoms with van der Waals surface area (Å²) in [5.41, 5.74) is 2.01. The van der Waals surface area contributed by atoms with Gasteiger partial charge in [0.1, 0.15) is 18.6 Å². The quantitative estimate of drug-likeness (QED) is 0.776. The number of carbonyl (C=O) groups is 1. The molecule has 0 atom stereocenters. The number of hydrogen-bond acceptors (Lipinski definition) is 5. The molecule has 6 heteroatoms. The monoisotopic (exact) mass is 314 g/mol. The first-order valence-electron chi connectivity index (χ1n) is 6.69. The molecule has 0 bridgehead atoms. The number of para-hydroxylation sites is 1. The molecule has 0 radical (unpaired) electrons. The third kappa shape index (κ3) is 3.35. The maximum Gasteiger partial charge on any atom is 0.261 e. The number of aromatic nitrogens is 1. The van der Waals surface area contributed by atoms with Gasteiger partial charge in [0, 0.05) is 10.9 Å². The topological polar surface area (TPSA) is 64.4 Å². The Morgan fingerprint density at radius 3 is 2.86 bits per heavy atom. The van der Waals surface area contributed by atoms with Gasteiger partial charge in [0.15, 0.2) is 5.13 Å². The van der Waals surface area contributed by atoms with Crippen molar-refractivity contribution in [2.45, 2.75) is 13.5 Å². The molecule has 2 aromatic heterocycles. The average molecular weight is 314 g/mol. The number of aryl methyl sites for hydroxylation is 1. The Balaban J connectivity index is 1.67. The van der Waals surface area contributed by atoms with Gasteiger partial charge < -0.3 is 9.15 Å². The minimum Gasteiger partial charge on any atom is -0.489 e. The van der Waals surface area contributed by atoms with E-state index in [0.29, 0.717) is 16.3 Å². The summed E-state index contributed by atoms with van der Waals surface area (Å²) < 4.78 is 10.8. The van der Waals surface area contributed by atoms with Crippen LogP contribution in [0.3, 0.4) is 0 Å². The number of thiazole rings is 1. The number of nitrogens with one attached hydrogen (secondary N) is 1. The Bertz CT molecular complexity index is 765. The van der Waals surface area contributed by atoms with Crippen molar-refractivity contribution in [1.82, 2.24) is 4.98 Å². The molecule has 0 fully saturated rings. The van der Waals surface area contributed by atoms with Gasteiger partial charge >= 0.3 is 0 Å². The molecule has 0 aliphatic carbocycles. The van der Waals surface area contributed by atoms with Gasteiger partial charge in [0.05, 0.1) is 17.5 Å². The smallest absolute Gasteiger partial charge is 0.261 e. The zero-order valence-corrected chi connectivity index (χ0v) is 12.7. The van der Waals surface area contributed by atoms with E-state index < -0.39 is 0 Å². The molecule has 1 amide bonds. The van der Waals surface area contributed by atoms with E-state index in [9.17, 15) is 4.79 Å². The van der Waals surface area contributed by atoms with Gasteiger partial charge in [-0.2, -0.15) is 0 Å². The third-order valence-corrected chi connectivity index (χ3v) is 3.84. The number of rotatable bonds is 5. The van der Waals surface area contributed by atoms with Crippen LogP contribution in [0.1, 0.15) is 21.6 Å². The second kappa shape index (κ2) is 6.44. The van der Waals surface area contributed by atoms with Crippen LogP contribution in [0.5, 0.6) is 5.75 Å². The van der Waals surface area contributed by atoms with Crippen LogP contribution in [0, 0.1) is 6.92 Å². The number of nitrogens with zero attached hydrogens (tertiary/aromatic N) is 1. The van der Waals surface area contributed by atoms with Crippen molar-refractivity contribution in [1.29, 1.82) is 0 Å². The fourth-order valence-electron chi connectivity index (χ4n) is 1.89. The van der Waals surface area contributed by atoms with Crippen LogP contribution in [-0.2, 0) is 6.61 Å². The summed E-state index contributed by atoms with van der Waals surface area (Å²) in [7, 11) is 0. The minimum absolute atomic E-state index is 0.255. The van der Waals surface area contributed by atoms with Gasteiger partial charge in [-0.25, -0.2) is 4.98 Å². The zero-order valence-electron chi connectivity index (χ0n) is 11.9. The van der Waals surface area contributed by atoms with Gasteiger partial charge in [-0.05, 0) is 19.1 Å². The standard InChI is InChI=1S/C16H14N2O3S/c1-11-10-22-16(17-11)18-15(19)14-9-20-7-12(14)8-21-13-5-3-2-4-6-13/h2-7,9-10H,8H2,1H3,(H,17,18,19). The fourth-order valence-corrected chi connectivity index (χ4v) is 2.57. The maximum absolute atomic E-state index is 12.3. The first-order valence-corrected chi connectivity index (χ1v) is 7.57. The molecule has 3 rings (SSSR count). The summed E-state index contributed by atoms with van der Waals surface area (Å²) in [6.45, 7) is 2.14. The molecule has 22 heavy (non-hydrogen) atoms. The van der Waals surface area contributed by atoms with Gasteiger partial charge in [-0.3, -0.25) is 10.1 Å². The second-order valence-electron chi connectivity index (χ2n) is 4.66. The van der Waals surface area contributed by atoms with Crippen LogP contribution in [0.25, 0.3) is 0 Å². The maximum atomic E-state index is 12.3. The van der Waals surface area contributed by atoms with Gasteiger partial charge in [0.25, 0.3) is 5.91 Å². The summed E-state index contributed by atoms with van der Waals surface area (Å²) >= 11 is 1.39. The van der Waals surface area contributed by atoms with Crippen LogP contribution >= 0.6 is 11.3 Å². The Morgan fingerprint density at radius 1 is 1.32 bits per heavy atom. The highest BCUT2D eigenvalue weighted by Crippen LogP contribution is 2.19. The number of carbonyl (C=O) groups excluding carboxylic acids is 1. The molecular weight excluding hydrogens is 300 g/mol. The number of hydrogen-bond donors (Lipinski definition) is 1. The lowest BCUT2D eigenvalue weighted by molar-refractivity contribution is 0.102. The summed E-state index contributed by atoms with van der Waals surface area (Å²) in [6.07, 6.45) is 2.93. The van der Waals surface area contributed by atoms with Crippen LogP contribution in [-0.4, -0.2) is 10.9 Å². The van der Waals surface area contributed by atoms with Gasteiger partial charge in [-0.1, -0.05) is 18.2 Å². The highest BCUT2D eigenvalue weighted by Gasteiger charge is 2.16. The van der Waals surface area contributed by atoms with Crippen LogP contribution in [0.2, 0.25) is 0 Å². The molecule has 2 heterocycles. The van der Waals surface area contributed by atoms with E-state index in [0.717, 1.165) is 11.4 Å². The Kier molecular flexibility index (Phi) is 4.20. The number of anilines is 1. The lowest BCUT2D eigenvalue weighted by atomic mass is 10.2. The molecule has 1 aromatic carbocycles. The number of ether oxygens (including phenoxy) is 1. The highest BCUT2D eigenvalue weighted by molar-refractivity contribution is 7.13. The normalized spacial score (nSPS) is 10.4. The predicted molar refractivity (Wildman–Crippen MR) is 84.3 cm³/mol. The van der Waals surface area contributed by atoms with E-state index >= 15 is 0 Å². The van der Waals surface area contributed by atoms with Crippen LogP contribution < -0.4 is 10.1 Å². The summed E-state index contributed by atoms with van der Waals surface area (Å²) in [5, 5.41) is 5.20. The van der Waals surface area contributed by atoms with E-state index in [1.54, 1.807) is 0 Å². The molecule has 0 aliphatic rings. The number of furan rings is 1. The minimum atomic E-state index is -0.255. The van der Waals surface area contributed by atoms with Crippen molar-refractivity contribution in [3.05, 3.63) is 65.1 Å². The zero-order chi connectivity index (χ0) is 15.4. The average Bonchev–Trinajstić information content (AvgIpc) is 3.15. The first kappa shape index (κ1) is 14.3. The van der Waals surface area contributed by atoms with Crippen molar-refractivity contribution in [3.8, 4) is 5.75 Å². The second-order valence-corrected chi connectivity index (χ2v) is 5.52. The molecule has 0 unspecified atom stereocenters. The van der Waals surface area contributed by atoms with Crippen LogP contribution in [0.15, 0.2) is 52.7 Å². The first-order chi connectivity index (χ1) is 10.7. The summed E-state index contributed by atoms with van der Waals surface area (Å²) in [6, 6.07) is 9.42. The summed E-state index contributed by atoms with van der Waals surface area (Å²) in [4.78, 5) is 16.5. The van der Waals surface area contributed by atoms with Crippen molar-refractivity contribution >= 4 is 22.4 Å². The van der Waals surface area contributed by atoms with Crippen LogP contribution in [0.4, 0.5) is 5.13 Å². The van der Waals surface area contributed by atoms with Crippen molar-refractivity contribution < 1.29 is 13.9 Å². The van der Waals surface area contributed by atoms with E-state index in [1.165, 1.54) is 23.9 Å². The molecule has 0 spiro atoms. The molecule has 0 aliphatic heterocycles. The summed E-state index contributed by atoms with van der Waals surface area (Å²) in [5.74, 6) is 0.486. The van der Waals surface area contributed by atoms with Gasteiger partial charge in [-0.15, -0.1) is 11.3 Å². The third-order valence-electron chi connectivity index (χ3n) is 2.96. The van der Waals surface area contributed by atoms with E-state index in [-0.39, 0.29) is 12.5 Å². The number of benzene rings is 1. The molecular formula is C16H14N2O3S. The SMILES string of the molecule is Cc1csc(NC(=O)c2cocc2COc2ccccc2)n1. The highest BCUT2D eigenvalue weighted by atomic mass is 32.1. The predicted octanol–water partition coefficient (Wildman–Crippen LogP) is 3.88. The lowest BCUT2D eigenvalue weighted by Gasteiger charge is -2.06. The molecule has 0 saturated heterocycles. The number of amides is 1. The molecule has 1 N–H and O–H groups in total. The molecule has 5 nitrogen and oxygen atoms in total. The van der Waals surface area contributed by atoms with E-state index in [1.807, 2.05) is 42.6 Å². The molecule has 3 aromatic rings. The van der Waals surface area contributed by atoms with Crippen molar-refractivity contribution in [3.63, 3.8) is 0 Å². The van der Waals surface area contributed by atoms with E-state index in [4.69, 9.17) is 9.15 Å². The van der Waals surface area contributed by atoms with E-state index in [2.05, 4.69) is 10.3 Å². The van der Waals surface area contributed by atoms with Gasteiger partial charge in [0.2, 0.25) is 0 Å². The lowest BCUT2D eigenvalue weighted by Crippen LogP contribution is -2.13. The largest absolute Gasteiger partial charge is 0.489 e. The molecule has 112 valence electrons.